The topological polar surface area (TPSA) is 32.3 Å². The Balaban J connectivity index is 1.86. The van der Waals surface area contributed by atoms with Gasteiger partial charge in [-0.2, -0.15) is 0 Å². The predicted molar refractivity (Wildman–Crippen MR) is 99.7 cm³/mol. The van der Waals surface area contributed by atoms with Crippen molar-refractivity contribution in [3.63, 3.8) is 0 Å². The number of aryl methyl sites for hydroxylation is 1. The quantitative estimate of drug-likeness (QED) is 0.761. The van der Waals surface area contributed by atoms with Crippen molar-refractivity contribution in [3.05, 3.63) is 71.3 Å². The summed E-state index contributed by atoms with van der Waals surface area (Å²) in [4.78, 5) is 14.5. The summed E-state index contributed by atoms with van der Waals surface area (Å²) in [6.07, 6.45) is 1.32. The molecule has 0 spiro atoms. The fraction of sp³-hybridized carbons (Fsp3) is 0.381. The Bertz CT molecular complexity index is 621. The van der Waals surface area contributed by atoms with Crippen molar-refractivity contribution in [2.75, 3.05) is 13.1 Å². The normalized spacial score (nSPS) is 10.8. The lowest BCUT2D eigenvalue weighted by molar-refractivity contribution is -0.121. The first-order valence-electron chi connectivity index (χ1n) is 8.82. The molecule has 0 aliphatic rings. The molecule has 0 bridgehead atoms. The summed E-state index contributed by atoms with van der Waals surface area (Å²) in [6, 6.07) is 18.5. The third-order valence-corrected chi connectivity index (χ3v) is 4.37. The zero-order chi connectivity index (χ0) is 17.2. The van der Waals surface area contributed by atoms with E-state index < -0.39 is 0 Å². The van der Waals surface area contributed by atoms with Gasteiger partial charge in [-0.1, -0.05) is 68.4 Å². The number of rotatable bonds is 9. The molecule has 2 rings (SSSR count). The second kappa shape index (κ2) is 9.89. The van der Waals surface area contributed by atoms with Gasteiger partial charge >= 0.3 is 0 Å². The number of hydrogen-bond donors (Lipinski definition) is 1. The summed E-state index contributed by atoms with van der Waals surface area (Å²) >= 11 is 0. The molecule has 128 valence electrons. The van der Waals surface area contributed by atoms with Gasteiger partial charge in [0.05, 0.1) is 0 Å². The van der Waals surface area contributed by atoms with E-state index in [1.54, 1.807) is 0 Å². The minimum absolute atomic E-state index is 0.108. The average Bonchev–Trinajstić information content (AvgIpc) is 2.64. The fourth-order valence-electron chi connectivity index (χ4n) is 2.76. The third kappa shape index (κ3) is 5.82. The van der Waals surface area contributed by atoms with Crippen molar-refractivity contribution in [2.24, 2.45) is 0 Å². The van der Waals surface area contributed by atoms with E-state index in [9.17, 15) is 4.79 Å². The summed E-state index contributed by atoms with van der Waals surface area (Å²) in [5.74, 6) is 0.108. The first-order valence-corrected chi connectivity index (χ1v) is 8.82. The van der Waals surface area contributed by atoms with Crippen LogP contribution < -0.4 is 5.32 Å². The van der Waals surface area contributed by atoms with Gasteiger partial charge in [0.1, 0.15) is 0 Å². The van der Waals surface area contributed by atoms with Crippen LogP contribution in [0.15, 0.2) is 54.6 Å². The maximum absolute atomic E-state index is 12.1. The summed E-state index contributed by atoms with van der Waals surface area (Å²) < 4.78 is 0. The molecule has 0 fully saturated rings. The Hall–Kier alpha value is -2.13. The molecule has 3 heteroatoms. The molecule has 0 heterocycles. The van der Waals surface area contributed by atoms with Gasteiger partial charge in [-0.15, -0.1) is 0 Å². The van der Waals surface area contributed by atoms with Crippen molar-refractivity contribution in [3.8, 4) is 0 Å². The summed E-state index contributed by atoms with van der Waals surface area (Å²) in [7, 11) is 0. The molecule has 0 radical (unpaired) electrons. The number of nitrogens with zero attached hydrogens (tertiary/aromatic N) is 1. The molecule has 2 aromatic rings. The number of carbonyl (C=O) groups is 1. The third-order valence-electron chi connectivity index (χ3n) is 4.37. The number of nitrogens with one attached hydrogen (secondary N) is 1. The standard InChI is InChI=1S/C21H28N2O/c1-3-23(4-2)17-20-13-9-8-12-19(20)16-22-21(24)15-14-18-10-6-5-7-11-18/h5-13H,3-4,14-17H2,1-2H3,(H,22,24). The van der Waals surface area contributed by atoms with Crippen LogP contribution in [0.2, 0.25) is 0 Å². The molecule has 0 aromatic heterocycles. The van der Waals surface area contributed by atoms with Crippen LogP contribution in [0.1, 0.15) is 37.0 Å². The Morgan fingerprint density at radius 1 is 0.917 bits per heavy atom. The number of hydrogen-bond acceptors (Lipinski definition) is 2. The Labute approximate surface area is 145 Å². The van der Waals surface area contributed by atoms with Gasteiger partial charge < -0.3 is 5.32 Å². The molecule has 0 saturated heterocycles. The van der Waals surface area contributed by atoms with Crippen molar-refractivity contribution in [1.29, 1.82) is 0 Å². The summed E-state index contributed by atoms with van der Waals surface area (Å²) in [6.45, 7) is 7.96. The largest absolute Gasteiger partial charge is 0.352 e. The Morgan fingerprint density at radius 3 is 2.21 bits per heavy atom. The van der Waals surface area contributed by atoms with Gasteiger partial charge in [0.25, 0.3) is 0 Å². The molecule has 3 nitrogen and oxygen atoms in total. The second-order valence-electron chi connectivity index (χ2n) is 5.99. The van der Waals surface area contributed by atoms with E-state index >= 15 is 0 Å². The highest BCUT2D eigenvalue weighted by Gasteiger charge is 2.08. The molecule has 0 aliphatic carbocycles. The average molecular weight is 324 g/mol. The van der Waals surface area contributed by atoms with Crippen LogP contribution in [0.3, 0.4) is 0 Å². The zero-order valence-corrected chi connectivity index (χ0v) is 14.8. The lowest BCUT2D eigenvalue weighted by atomic mass is 10.1. The minimum Gasteiger partial charge on any atom is -0.352 e. The minimum atomic E-state index is 0.108. The van der Waals surface area contributed by atoms with E-state index in [2.05, 4.69) is 54.4 Å². The van der Waals surface area contributed by atoms with Crippen molar-refractivity contribution in [1.82, 2.24) is 10.2 Å². The molecule has 0 atom stereocenters. The molecule has 1 N–H and O–H groups in total. The van der Waals surface area contributed by atoms with Crippen LogP contribution >= 0.6 is 0 Å². The first-order chi connectivity index (χ1) is 11.7. The van der Waals surface area contributed by atoms with Crippen LogP contribution in [-0.2, 0) is 24.3 Å². The smallest absolute Gasteiger partial charge is 0.220 e. The summed E-state index contributed by atoms with van der Waals surface area (Å²) in [5, 5.41) is 3.06. The van der Waals surface area contributed by atoms with E-state index in [-0.39, 0.29) is 5.91 Å². The Kier molecular flexibility index (Phi) is 7.50. The zero-order valence-electron chi connectivity index (χ0n) is 14.8. The van der Waals surface area contributed by atoms with Crippen LogP contribution in [0, 0.1) is 0 Å². The van der Waals surface area contributed by atoms with Crippen LogP contribution in [0.25, 0.3) is 0 Å². The maximum Gasteiger partial charge on any atom is 0.220 e. The van der Waals surface area contributed by atoms with Crippen LogP contribution in [-0.4, -0.2) is 23.9 Å². The Morgan fingerprint density at radius 2 is 1.54 bits per heavy atom. The van der Waals surface area contributed by atoms with Gasteiger partial charge in [0.2, 0.25) is 5.91 Å². The highest BCUT2D eigenvalue weighted by atomic mass is 16.1. The molecule has 24 heavy (non-hydrogen) atoms. The molecular weight excluding hydrogens is 296 g/mol. The molecule has 0 unspecified atom stereocenters. The number of benzene rings is 2. The van der Waals surface area contributed by atoms with Crippen molar-refractivity contribution >= 4 is 5.91 Å². The molecule has 0 saturated carbocycles. The van der Waals surface area contributed by atoms with Crippen molar-refractivity contribution < 1.29 is 4.79 Å². The predicted octanol–water partition coefficient (Wildman–Crippen LogP) is 3.78. The number of amides is 1. The number of carbonyl (C=O) groups excluding carboxylic acids is 1. The molecular formula is C21H28N2O. The van der Waals surface area contributed by atoms with Crippen molar-refractivity contribution in [2.45, 2.75) is 39.8 Å². The lowest BCUT2D eigenvalue weighted by Gasteiger charge is -2.20. The first kappa shape index (κ1) is 18.2. The maximum atomic E-state index is 12.1. The monoisotopic (exact) mass is 324 g/mol. The SMILES string of the molecule is CCN(CC)Cc1ccccc1CNC(=O)CCc1ccccc1. The van der Waals surface area contributed by atoms with Crippen LogP contribution in [0.5, 0.6) is 0 Å². The van der Waals surface area contributed by atoms with Gasteiger partial charge in [0, 0.05) is 19.5 Å². The fourth-order valence-corrected chi connectivity index (χ4v) is 2.76. The molecule has 2 aromatic carbocycles. The molecule has 0 aliphatic heterocycles. The van der Waals surface area contributed by atoms with E-state index in [1.807, 2.05) is 24.3 Å². The lowest BCUT2D eigenvalue weighted by Crippen LogP contribution is -2.26. The summed E-state index contributed by atoms with van der Waals surface area (Å²) in [5.41, 5.74) is 3.71. The van der Waals surface area contributed by atoms with E-state index in [1.165, 1.54) is 16.7 Å². The van der Waals surface area contributed by atoms with Gasteiger partial charge in [0.15, 0.2) is 0 Å². The highest BCUT2D eigenvalue weighted by molar-refractivity contribution is 5.76. The van der Waals surface area contributed by atoms with E-state index in [0.29, 0.717) is 13.0 Å². The molecule has 1 amide bonds. The van der Waals surface area contributed by atoms with E-state index in [4.69, 9.17) is 0 Å². The second-order valence-corrected chi connectivity index (χ2v) is 5.99. The van der Waals surface area contributed by atoms with Crippen LogP contribution in [0.4, 0.5) is 0 Å². The van der Waals surface area contributed by atoms with Gasteiger partial charge in [-0.3, -0.25) is 9.69 Å². The van der Waals surface area contributed by atoms with Gasteiger partial charge in [-0.05, 0) is 36.2 Å². The highest BCUT2D eigenvalue weighted by Crippen LogP contribution is 2.12. The van der Waals surface area contributed by atoms with E-state index in [0.717, 1.165) is 26.1 Å². The van der Waals surface area contributed by atoms with Gasteiger partial charge in [-0.25, -0.2) is 0 Å².